The first kappa shape index (κ1) is 11.8. The number of halogens is 1. The van der Waals surface area contributed by atoms with Crippen molar-refractivity contribution < 1.29 is 0 Å². The Labute approximate surface area is 101 Å². The molecule has 0 radical (unpaired) electrons. The molecule has 0 spiro atoms. The first-order valence-electron chi connectivity index (χ1n) is 4.99. The molecular formula is C13H17I. The van der Waals surface area contributed by atoms with Gasteiger partial charge in [0.1, 0.15) is 0 Å². The maximum Gasteiger partial charge on any atom is -0.00906 e. The van der Waals surface area contributed by atoms with Gasteiger partial charge in [0.15, 0.2) is 0 Å². The molecule has 0 saturated carbocycles. The zero-order valence-corrected chi connectivity index (χ0v) is 11.5. The number of rotatable bonds is 2. The summed E-state index contributed by atoms with van der Waals surface area (Å²) >= 11 is 2.42. The van der Waals surface area contributed by atoms with Crippen molar-refractivity contribution in [2.75, 3.05) is 0 Å². The second-order valence-corrected chi connectivity index (χ2v) is 5.07. The SMILES string of the molecule is CC/C(I)=C/c1c(C)ccc(C)c1C. The molecule has 76 valence electrons. The minimum atomic E-state index is 1.12. The van der Waals surface area contributed by atoms with Crippen molar-refractivity contribution >= 4 is 28.7 Å². The smallest absolute Gasteiger partial charge is 0.00906 e. The van der Waals surface area contributed by atoms with E-state index in [0.29, 0.717) is 0 Å². The Hall–Kier alpha value is -0.310. The summed E-state index contributed by atoms with van der Waals surface area (Å²) in [5.74, 6) is 0. The molecule has 14 heavy (non-hydrogen) atoms. The van der Waals surface area contributed by atoms with E-state index in [-0.39, 0.29) is 0 Å². The maximum atomic E-state index is 2.42. The van der Waals surface area contributed by atoms with Crippen LogP contribution in [0.25, 0.3) is 6.08 Å². The second kappa shape index (κ2) is 4.96. The van der Waals surface area contributed by atoms with Crippen LogP contribution < -0.4 is 0 Å². The van der Waals surface area contributed by atoms with Crippen LogP contribution in [0.3, 0.4) is 0 Å². The third-order valence-electron chi connectivity index (χ3n) is 2.64. The van der Waals surface area contributed by atoms with Crippen molar-refractivity contribution in [1.29, 1.82) is 0 Å². The highest BCUT2D eigenvalue weighted by Gasteiger charge is 2.02. The molecule has 1 aromatic rings. The van der Waals surface area contributed by atoms with Gasteiger partial charge in [-0.15, -0.1) is 0 Å². The lowest BCUT2D eigenvalue weighted by Gasteiger charge is -2.09. The van der Waals surface area contributed by atoms with Gasteiger partial charge in [0.25, 0.3) is 0 Å². The summed E-state index contributed by atoms with van der Waals surface area (Å²) in [6, 6.07) is 4.40. The van der Waals surface area contributed by atoms with E-state index in [2.05, 4.69) is 68.5 Å². The van der Waals surface area contributed by atoms with Crippen LogP contribution in [-0.2, 0) is 0 Å². The molecule has 0 atom stereocenters. The average molecular weight is 300 g/mol. The van der Waals surface area contributed by atoms with E-state index < -0.39 is 0 Å². The lowest BCUT2D eigenvalue weighted by molar-refractivity contribution is 1.21. The molecule has 1 heteroatoms. The maximum absolute atomic E-state index is 2.42. The molecule has 0 fully saturated rings. The number of allylic oxidation sites excluding steroid dienone is 1. The molecule has 1 aromatic carbocycles. The zero-order valence-electron chi connectivity index (χ0n) is 9.32. The van der Waals surface area contributed by atoms with Gasteiger partial charge in [-0.25, -0.2) is 0 Å². The highest BCUT2D eigenvalue weighted by atomic mass is 127. The van der Waals surface area contributed by atoms with Crippen molar-refractivity contribution in [3.63, 3.8) is 0 Å². The predicted octanol–water partition coefficient (Wildman–Crippen LogP) is 4.80. The number of hydrogen-bond donors (Lipinski definition) is 0. The lowest BCUT2D eigenvalue weighted by atomic mass is 9.98. The second-order valence-electron chi connectivity index (χ2n) is 3.68. The molecule has 1 rings (SSSR count). The van der Waals surface area contributed by atoms with Gasteiger partial charge in [-0.2, -0.15) is 0 Å². The van der Waals surface area contributed by atoms with E-state index in [1.54, 1.807) is 0 Å². The van der Waals surface area contributed by atoms with Gasteiger partial charge in [-0.3, -0.25) is 0 Å². The Morgan fingerprint density at radius 1 is 1.21 bits per heavy atom. The third kappa shape index (κ3) is 2.59. The summed E-state index contributed by atoms with van der Waals surface area (Å²) < 4.78 is 1.42. The number of aryl methyl sites for hydroxylation is 2. The molecule has 0 unspecified atom stereocenters. The van der Waals surface area contributed by atoms with Gasteiger partial charge in [0, 0.05) is 0 Å². The van der Waals surface area contributed by atoms with E-state index in [9.17, 15) is 0 Å². The summed E-state index contributed by atoms with van der Waals surface area (Å²) in [5, 5.41) is 0. The summed E-state index contributed by atoms with van der Waals surface area (Å²) in [4.78, 5) is 0. The zero-order chi connectivity index (χ0) is 10.7. The Bertz CT molecular complexity index is 362. The predicted molar refractivity (Wildman–Crippen MR) is 72.9 cm³/mol. The van der Waals surface area contributed by atoms with Crippen LogP contribution in [0.15, 0.2) is 15.7 Å². The van der Waals surface area contributed by atoms with E-state index >= 15 is 0 Å². The summed E-state index contributed by atoms with van der Waals surface area (Å²) in [5.41, 5.74) is 5.56. The van der Waals surface area contributed by atoms with E-state index in [1.165, 1.54) is 25.8 Å². The van der Waals surface area contributed by atoms with Gasteiger partial charge in [0.05, 0.1) is 0 Å². The van der Waals surface area contributed by atoms with Crippen LogP contribution in [0.5, 0.6) is 0 Å². The van der Waals surface area contributed by atoms with Gasteiger partial charge in [0.2, 0.25) is 0 Å². The number of hydrogen-bond acceptors (Lipinski definition) is 0. The Kier molecular flexibility index (Phi) is 4.17. The van der Waals surface area contributed by atoms with Gasteiger partial charge in [-0.05, 0) is 81.7 Å². The van der Waals surface area contributed by atoms with E-state index in [1.807, 2.05) is 0 Å². The Morgan fingerprint density at radius 2 is 1.79 bits per heavy atom. The minimum Gasteiger partial charge on any atom is -0.0608 e. The van der Waals surface area contributed by atoms with E-state index in [4.69, 9.17) is 0 Å². The van der Waals surface area contributed by atoms with E-state index in [0.717, 1.165) is 6.42 Å². The van der Waals surface area contributed by atoms with Crippen LogP contribution in [0, 0.1) is 20.8 Å². The molecule has 0 nitrogen and oxygen atoms in total. The molecule has 0 aliphatic carbocycles. The number of benzene rings is 1. The average Bonchev–Trinajstić information content (AvgIpc) is 2.18. The van der Waals surface area contributed by atoms with Crippen LogP contribution >= 0.6 is 22.6 Å². The lowest BCUT2D eigenvalue weighted by Crippen LogP contribution is -1.90. The fourth-order valence-electron chi connectivity index (χ4n) is 1.45. The van der Waals surface area contributed by atoms with Gasteiger partial charge < -0.3 is 0 Å². The van der Waals surface area contributed by atoms with Crippen molar-refractivity contribution in [2.24, 2.45) is 0 Å². The summed E-state index contributed by atoms with van der Waals surface area (Å²) in [6.07, 6.45) is 3.42. The first-order valence-corrected chi connectivity index (χ1v) is 6.07. The van der Waals surface area contributed by atoms with Crippen molar-refractivity contribution in [1.82, 2.24) is 0 Å². The van der Waals surface area contributed by atoms with Crippen LogP contribution in [0.4, 0.5) is 0 Å². The monoisotopic (exact) mass is 300 g/mol. The molecule has 0 amide bonds. The Balaban J connectivity index is 3.26. The van der Waals surface area contributed by atoms with Crippen molar-refractivity contribution in [2.45, 2.75) is 34.1 Å². The molecule has 0 saturated heterocycles. The normalized spacial score (nSPS) is 11.9. The molecular weight excluding hydrogens is 283 g/mol. The fraction of sp³-hybridized carbons (Fsp3) is 0.385. The standard InChI is InChI=1S/C13H17I/c1-5-12(14)8-13-10(3)7-6-9(2)11(13)4/h6-8H,5H2,1-4H3/b12-8-. The van der Waals surface area contributed by atoms with Crippen LogP contribution in [0.2, 0.25) is 0 Å². The van der Waals surface area contributed by atoms with Crippen molar-refractivity contribution in [3.05, 3.63) is 38.0 Å². The quantitative estimate of drug-likeness (QED) is 0.688. The topological polar surface area (TPSA) is 0 Å². The molecule has 0 heterocycles. The molecule has 0 N–H and O–H groups in total. The first-order chi connectivity index (χ1) is 6.56. The third-order valence-corrected chi connectivity index (χ3v) is 3.72. The molecule has 0 aliphatic rings. The molecule has 0 aromatic heterocycles. The highest BCUT2D eigenvalue weighted by Crippen LogP contribution is 2.23. The molecule has 0 aliphatic heterocycles. The largest absolute Gasteiger partial charge is 0.0608 e. The highest BCUT2D eigenvalue weighted by molar-refractivity contribution is 14.1. The fourth-order valence-corrected chi connectivity index (χ4v) is 1.77. The van der Waals surface area contributed by atoms with Crippen molar-refractivity contribution in [3.8, 4) is 0 Å². The molecule has 0 bridgehead atoms. The van der Waals surface area contributed by atoms with Crippen LogP contribution in [0.1, 0.15) is 35.6 Å². The van der Waals surface area contributed by atoms with Gasteiger partial charge in [-0.1, -0.05) is 19.1 Å². The Morgan fingerprint density at radius 3 is 2.36 bits per heavy atom. The summed E-state index contributed by atoms with van der Waals surface area (Å²) in [6.45, 7) is 8.75. The minimum absolute atomic E-state index is 1.12. The van der Waals surface area contributed by atoms with Crippen LogP contribution in [-0.4, -0.2) is 0 Å². The summed E-state index contributed by atoms with van der Waals surface area (Å²) in [7, 11) is 0. The van der Waals surface area contributed by atoms with Gasteiger partial charge >= 0.3 is 0 Å².